The van der Waals surface area contributed by atoms with Gasteiger partial charge in [0, 0.05) is 0 Å². The minimum Gasteiger partial charge on any atom is -0.469 e. The van der Waals surface area contributed by atoms with Gasteiger partial charge in [0.2, 0.25) is 0 Å². The highest BCUT2D eigenvalue weighted by atomic mass is 16.5. The fourth-order valence-electron chi connectivity index (χ4n) is 6.09. The van der Waals surface area contributed by atoms with Gasteiger partial charge in [0.15, 0.2) is 0 Å². The molecule has 3 aliphatic rings. The quantitative estimate of drug-likeness (QED) is 0.511. The first-order valence-electron chi connectivity index (χ1n) is 9.20. The lowest BCUT2D eigenvalue weighted by Gasteiger charge is -2.58. The number of hydrogen-bond donors (Lipinski definition) is 0. The van der Waals surface area contributed by atoms with Gasteiger partial charge in [-0.05, 0) is 68.1 Å². The van der Waals surface area contributed by atoms with E-state index in [9.17, 15) is 4.79 Å². The van der Waals surface area contributed by atoms with E-state index >= 15 is 0 Å². The zero-order chi connectivity index (χ0) is 16.9. The third-order valence-electron chi connectivity index (χ3n) is 7.59. The molecule has 0 aromatic rings. The third-order valence-corrected chi connectivity index (χ3v) is 7.59. The Morgan fingerprint density at radius 2 is 2.04 bits per heavy atom. The van der Waals surface area contributed by atoms with Crippen LogP contribution in [-0.2, 0) is 9.53 Å². The SMILES string of the molecule is C=C[C@@]1(C)CC[C@@H]2C(=CCC3[C@](C)(C(=O)OC)CCC[C@@]32C)C1. The fourth-order valence-corrected chi connectivity index (χ4v) is 6.09. The molecule has 0 aromatic heterocycles. The summed E-state index contributed by atoms with van der Waals surface area (Å²) in [4.78, 5) is 12.5. The number of rotatable bonds is 2. The topological polar surface area (TPSA) is 26.3 Å². The Morgan fingerprint density at radius 3 is 2.70 bits per heavy atom. The molecule has 5 atom stereocenters. The Labute approximate surface area is 141 Å². The molecule has 2 saturated carbocycles. The van der Waals surface area contributed by atoms with Crippen molar-refractivity contribution in [2.75, 3.05) is 7.11 Å². The number of ether oxygens (including phenoxy) is 1. The zero-order valence-corrected chi connectivity index (χ0v) is 15.3. The first kappa shape index (κ1) is 16.8. The van der Waals surface area contributed by atoms with Gasteiger partial charge in [-0.2, -0.15) is 0 Å². The predicted molar refractivity (Wildman–Crippen MR) is 93.9 cm³/mol. The number of fused-ring (bicyclic) bond motifs is 3. The molecular formula is C21H32O2. The van der Waals surface area contributed by atoms with Crippen molar-refractivity contribution < 1.29 is 9.53 Å². The van der Waals surface area contributed by atoms with E-state index in [1.54, 1.807) is 12.7 Å². The van der Waals surface area contributed by atoms with Gasteiger partial charge in [-0.3, -0.25) is 4.79 Å². The highest BCUT2D eigenvalue weighted by Gasteiger charge is 2.58. The van der Waals surface area contributed by atoms with Crippen molar-refractivity contribution in [2.24, 2.45) is 28.1 Å². The van der Waals surface area contributed by atoms with Crippen molar-refractivity contribution in [3.63, 3.8) is 0 Å². The number of carbonyl (C=O) groups is 1. The maximum Gasteiger partial charge on any atom is 0.311 e. The van der Waals surface area contributed by atoms with E-state index in [0.29, 0.717) is 11.8 Å². The Balaban J connectivity index is 1.97. The van der Waals surface area contributed by atoms with Gasteiger partial charge < -0.3 is 4.74 Å². The summed E-state index contributed by atoms with van der Waals surface area (Å²) < 4.78 is 5.20. The Bertz CT molecular complexity index is 548. The number of esters is 1. The number of allylic oxidation sites excluding steroid dienone is 3. The molecule has 0 saturated heterocycles. The van der Waals surface area contributed by atoms with Gasteiger partial charge >= 0.3 is 5.97 Å². The predicted octanol–water partition coefficient (Wildman–Crippen LogP) is 5.29. The molecule has 0 radical (unpaired) electrons. The van der Waals surface area contributed by atoms with Gasteiger partial charge in [0.1, 0.15) is 0 Å². The highest BCUT2D eigenvalue weighted by Crippen LogP contribution is 2.63. The lowest BCUT2D eigenvalue weighted by atomic mass is 9.45. The fraction of sp³-hybridized carbons (Fsp3) is 0.762. The van der Waals surface area contributed by atoms with Crippen LogP contribution in [0, 0.1) is 28.1 Å². The van der Waals surface area contributed by atoms with Crippen molar-refractivity contribution in [2.45, 2.75) is 65.7 Å². The number of carbonyl (C=O) groups excluding carboxylic acids is 1. The van der Waals surface area contributed by atoms with Crippen LogP contribution in [0.3, 0.4) is 0 Å². The van der Waals surface area contributed by atoms with Crippen molar-refractivity contribution in [3.8, 4) is 0 Å². The second-order valence-electron chi connectivity index (χ2n) is 8.96. The molecule has 0 aliphatic heterocycles. The van der Waals surface area contributed by atoms with Gasteiger partial charge in [0.25, 0.3) is 0 Å². The summed E-state index contributed by atoms with van der Waals surface area (Å²) in [5.74, 6) is 1.05. The average Bonchev–Trinajstić information content (AvgIpc) is 2.53. The molecule has 2 nitrogen and oxygen atoms in total. The third kappa shape index (κ3) is 2.40. The molecule has 0 heterocycles. The van der Waals surface area contributed by atoms with E-state index in [4.69, 9.17) is 4.74 Å². The van der Waals surface area contributed by atoms with Crippen molar-refractivity contribution in [1.29, 1.82) is 0 Å². The molecule has 0 amide bonds. The van der Waals surface area contributed by atoms with Crippen LogP contribution in [0.25, 0.3) is 0 Å². The van der Waals surface area contributed by atoms with Crippen LogP contribution in [0.1, 0.15) is 65.7 Å². The standard InChI is InChI=1S/C21H32O2/c1-6-19(2)13-10-16-15(14-19)8-9-17-20(16,3)11-7-12-21(17,4)18(22)23-5/h6,8,16-17H,1,7,9-14H2,2-5H3/t16-,17?,19+,20-,21-/m1/s1. The maximum atomic E-state index is 12.5. The van der Waals surface area contributed by atoms with Crippen molar-refractivity contribution in [3.05, 3.63) is 24.3 Å². The second-order valence-corrected chi connectivity index (χ2v) is 8.96. The molecular weight excluding hydrogens is 284 g/mol. The van der Waals surface area contributed by atoms with Crippen molar-refractivity contribution in [1.82, 2.24) is 0 Å². The minimum atomic E-state index is -0.317. The first-order valence-corrected chi connectivity index (χ1v) is 9.20. The monoisotopic (exact) mass is 316 g/mol. The van der Waals surface area contributed by atoms with E-state index in [1.807, 2.05) is 0 Å². The second kappa shape index (κ2) is 5.50. The van der Waals surface area contributed by atoms with Crippen LogP contribution in [0.4, 0.5) is 0 Å². The van der Waals surface area contributed by atoms with Crippen LogP contribution < -0.4 is 0 Å². The van der Waals surface area contributed by atoms with Crippen LogP contribution in [-0.4, -0.2) is 13.1 Å². The van der Waals surface area contributed by atoms with Gasteiger partial charge in [-0.15, -0.1) is 6.58 Å². The summed E-state index contributed by atoms with van der Waals surface area (Å²) in [6.07, 6.45) is 12.6. The summed E-state index contributed by atoms with van der Waals surface area (Å²) in [5, 5.41) is 0. The Kier molecular flexibility index (Phi) is 4.01. The van der Waals surface area contributed by atoms with Crippen LogP contribution >= 0.6 is 0 Å². The summed E-state index contributed by atoms with van der Waals surface area (Å²) >= 11 is 0. The molecule has 2 fully saturated rings. The summed E-state index contributed by atoms with van der Waals surface area (Å²) in [5.41, 5.74) is 1.81. The Morgan fingerprint density at radius 1 is 1.30 bits per heavy atom. The van der Waals surface area contributed by atoms with E-state index in [1.165, 1.54) is 19.3 Å². The molecule has 3 aliphatic carbocycles. The molecule has 0 aromatic carbocycles. The molecule has 0 bridgehead atoms. The zero-order valence-electron chi connectivity index (χ0n) is 15.3. The van der Waals surface area contributed by atoms with E-state index < -0.39 is 0 Å². The lowest BCUT2D eigenvalue weighted by Crippen LogP contribution is -2.54. The lowest BCUT2D eigenvalue weighted by molar-refractivity contribution is -0.166. The molecule has 0 spiro atoms. The number of methoxy groups -OCH3 is 1. The molecule has 23 heavy (non-hydrogen) atoms. The van der Waals surface area contributed by atoms with Crippen molar-refractivity contribution >= 4 is 5.97 Å². The van der Waals surface area contributed by atoms with Gasteiger partial charge in [0.05, 0.1) is 12.5 Å². The summed E-state index contributed by atoms with van der Waals surface area (Å²) in [6, 6.07) is 0. The molecule has 128 valence electrons. The van der Waals surface area contributed by atoms with Crippen LogP contribution in [0.15, 0.2) is 24.3 Å². The number of hydrogen-bond acceptors (Lipinski definition) is 2. The van der Waals surface area contributed by atoms with Crippen LogP contribution in [0.2, 0.25) is 0 Å². The van der Waals surface area contributed by atoms with E-state index in [0.717, 1.165) is 25.7 Å². The molecule has 3 rings (SSSR count). The first-order chi connectivity index (χ1) is 10.8. The molecule has 2 heteroatoms. The van der Waals surface area contributed by atoms with E-state index in [-0.39, 0.29) is 22.2 Å². The summed E-state index contributed by atoms with van der Waals surface area (Å²) in [7, 11) is 1.54. The summed E-state index contributed by atoms with van der Waals surface area (Å²) in [6.45, 7) is 11.0. The maximum absolute atomic E-state index is 12.5. The molecule has 1 unspecified atom stereocenters. The van der Waals surface area contributed by atoms with E-state index in [2.05, 4.69) is 39.5 Å². The smallest absolute Gasteiger partial charge is 0.311 e. The van der Waals surface area contributed by atoms with Crippen LogP contribution in [0.5, 0.6) is 0 Å². The highest BCUT2D eigenvalue weighted by molar-refractivity contribution is 5.77. The average molecular weight is 316 g/mol. The molecule has 0 N–H and O–H groups in total. The Hall–Kier alpha value is -1.05. The minimum absolute atomic E-state index is 0.00276. The van der Waals surface area contributed by atoms with Gasteiger partial charge in [-0.1, -0.05) is 38.0 Å². The normalized spacial score (nSPS) is 46.2. The van der Waals surface area contributed by atoms with Gasteiger partial charge in [-0.25, -0.2) is 0 Å². The largest absolute Gasteiger partial charge is 0.469 e.